The molecule has 1 aliphatic rings. The summed E-state index contributed by atoms with van der Waals surface area (Å²) in [6, 6.07) is 0. The zero-order valence-electron chi connectivity index (χ0n) is 7.69. The third-order valence-electron chi connectivity index (χ3n) is 2.01. The van der Waals surface area contributed by atoms with Crippen molar-refractivity contribution in [1.29, 1.82) is 0 Å². The van der Waals surface area contributed by atoms with Crippen LogP contribution in [0, 0.1) is 5.92 Å². The monoisotopic (exact) mass is 212 g/mol. The minimum absolute atomic E-state index is 0.184. The van der Waals surface area contributed by atoms with Gasteiger partial charge in [0.15, 0.2) is 0 Å². The molecule has 2 rings (SSSR count). The van der Waals surface area contributed by atoms with Gasteiger partial charge in [-0.15, -0.1) is 10.2 Å². The Bertz CT molecular complexity index is 296. The molecule has 0 aromatic carbocycles. The van der Waals surface area contributed by atoms with E-state index in [4.69, 9.17) is 0 Å². The van der Waals surface area contributed by atoms with E-state index in [9.17, 15) is 4.79 Å². The van der Waals surface area contributed by atoms with Crippen LogP contribution in [0.2, 0.25) is 0 Å². The summed E-state index contributed by atoms with van der Waals surface area (Å²) in [6.45, 7) is 1.35. The van der Waals surface area contributed by atoms with E-state index >= 15 is 0 Å². The minimum atomic E-state index is 0.184. The largest absolute Gasteiger partial charge is 0.358 e. The van der Waals surface area contributed by atoms with E-state index in [-0.39, 0.29) is 11.8 Å². The van der Waals surface area contributed by atoms with Gasteiger partial charge in [-0.2, -0.15) is 0 Å². The van der Waals surface area contributed by atoms with Crippen LogP contribution in [0.4, 0.5) is 5.13 Å². The van der Waals surface area contributed by atoms with Crippen LogP contribution < -0.4 is 10.6 Å². The van der Waals surface area contributed by atoms with Crippen molar-refractivity contribution >= 4 is 22.4 Å². The summed E-state index contributed by atoms with van der Waals surface area (Å²) < 4.78 is 0. The molecule has 0 bridgehead atoms. The molecule has 1 aliphatic carbocycles. The van der Waals surface area contributed by atoms with Crippen molar-refractivity contribution in [2.45, 2.75) is 12.8 Å². The fourth-order valence-electron chi connectivity index (χ4n) is 1.10. The van der Waals surface area contributed by atoms with Gasteiger partial charge in [-0.3, -0.25) is 4.79 Å². The maximum absolute atomic E-state index is 11.2. The fourth-order valence-corrected chi connectivity index (χ4v) is 1.57. The molecule has 1 saturated carbocycles. The first kappa shape index (κ1) is 9.39. The van der Waals surface area contributed by atoms with Crippen molar-refractivity contribution in [1.82, 2.24) is 15.5 Å². The smallest absolute Gasteiger partial charge is 0.223 e. The highest BCUT2D eigenvalue weighted by Gasteiger charge is 2.28. The molecule has 0 saturated heterocycles. The van der Waals surface area contributed by atoms with Gasteiger partial charge < -0.3 is 10.6 Å². The molecule has 0 aliphatic heterocycles. The number of nitrogens with zero attached hydrogens (tertiary/aromatic N) is 2. The Morgan fingerprint density at radius 2 is 2.43 bits per heavy atom. The molecule has 0 radical (unpaired) electrons. The Kier molecular flexibility index (Phi) is 2.93. The molecule has 1 aromatic heterocycles. The van der Waals surface area contributed by atoms with Crippen molar-refractivity contribution in [3.05, 3.63) is 5.51 Å². The molecular weight excluding hydrogens is 200 g/mol. The fraction of sp³-hybridized carbons (Fsp3) is 0.625. The number of amides is 1. The number of nitrogens with one attached hydrogen (secondary N) is 2. The van der Waals surface area contributed by atoms with Crippen molar-refractivity contribution in [2.24, 2.45) is 5.92 Å². The lowest BCUT2D eigenvalue weighted by molar-refractivity contribution is -0.122. The molecule has 2 N–H and O–H groups in total. The average Bonchev–Trinajstić information content (AvgIpc) is 2.92. The minimum Gasteiger partial charge on any atom is -0.358 e. The molecule has 5 nitrogen and oxygen atoms in total. The second kappa shape index (κ2) is 4.36. The van der Waals surface area contributed by atoms with Crippen LogP contribution in [-0.4, -0.2) is 29.2 Å². The third kappa shape index (κ3) is 2.66. The van der Waals surface area contributed by atoms with Crippen LogP contribution in [0.5, 0.6) is 0 Å². The summed E-state index contributed by atoms with van der Waals surface area (Å²) in [5.74, 6) is 0.473. The zero-order chi connectivity index (χ0) is 9.80. The predicted octanol–water partition coefficient (Wildman–Crippen LogP) is 0.476. The van der Waals surface area contributed by atoms with Gasteiger partial charge in [0.2, 0.25) is 11.0 Å². The van der Waals surface area contributed by atoms with Gasteiger partial charge in [-0.05, 0) is 12.8 Å². The number of rotatable bonds is 5. The van der Waals surface area contributed by atoms with Gasteiger partial charge in [0.25, 0.3) is 0 Å². The van der Waals surface area contributed by atoms with E-state index in [2.05, 4.69) is 20.8 Å². The summed E-state index contributed by atoms with van der Waals surface area (Å²) in [4.78, 5) is 11.2. The topological polar surface area (TPSA) is 66.9 Å². The number of hydrogen-bond acceptors (Lipinski definition) is 5. The molecule has 0 unspecified atom stereocenters. The second-order valence-corrected chi connectivity index (χ2v) is 4.07. The third-order valence-corrected chi connectivity index (χ3v) is 2.66. The highest BCUT2D eigenvalue weighted by Crippen LogP contribution is 2.28. The van der Waals surface area contributed by atoms with E-state index in [0.29, 0.717) is 13.1 Å². The number of anilines is 1. The Balaban J connectivity index is 1.57. The summed E-state index contributed by atoms with van der Waals surface area (Å²) >= 11 is 1.45. The molecule has 6 heteroatoms. The van der Waals surface area contributed by atoms with Gasteiger partial charge in [0.05, 0.1) is 0 Å². The van der Waals surface area contributed by atoms with E-state index in [1.165, 1.54) is 11.3 Å². The van der Waals surface area contributed by atoms with Crippen LogP contribution in [0.15, 0.2) is 5.51 Å². The summed E-state index contributed by atoms with van der Waals surface area (Å²) in [7, 11) is 0. The summed E-state index contributed by atoms with van der Waals surface area (Å²) in [5.41, 5.74) is 1.67. The predicted molar refractivity (Wildman–Crippen MR) is 54.1 cm³/mol. The molecule has 0 atom stereocenters. The van der Waals surface area contributed by atoms with Gasteiger partial charge in [0.1, 0.15) is 5.51 Å². The van der Waals surface area contributed by atoms with Crippen molar-refractivity contribution < 1.29 is 4.79 Å². The van der Waals surface area contributed by atoms with Gasteiger partial charge in [0, 0.05) is 19.0 Å². The second-order valence-electron chi connectivity index (χ2n) is 3.24. The first-order chi connectivity index (χ1) is 6.86. The van der Waals surface area contributed by atoms with E-state index in [1.807, 2.05) is 0 Å². The Labute approximate surface area is 85.9 Å². The number of aromatic nitrogens is 2. The molecule has 1 fully saturated rings. The van der Waals surface area contributed by atoms with Gasteiger partial charge in [-0.1, -0.05) is 11.3 Å². The molecule has 1 amide bonds. The summed E-state index contributed by atoms with van der Waals surface area (Å²) in [5, 5.41) is 14.2. The number of hydrogen-bond donors (Lipinski definition) is 2. The molecule has 76 valence electrons. The van der Waals surface area contributed by atoms with Crippen molar-refractivity contribution in [2.75, 3.05) is 18.4 Å². The van der Waals surface area contributed by atoms with E-state index in [1.54, 1.807) is 5.51 Å². The quantitative estimate of drug-likeness (QED) is 0.696. The molecule has 1 heterocycles. The average molecular weight is 212 g/mol. The molecule has 14 heavy (non-hydrogen) atoms. The van der Waals surface area contributed by atoms with Crippen LogP contribution in [0.3, 0.4) is 0 Å². The van der Waals surface area contributed by atoms with E-state index in [0.717, 1.165) is 18.0 Å². The Morgan fingerprint density at radius 1 is 1.57 bits per heavy atom. The van der Waals surface area contributed by atoms with Crippen molar-refractivity contribution in [3.63, 3.8) is 0 Å². The summed E-state index contributed by atoms with van der Waals surface area (Å²) in [6.07, 6.45) is 2.10. The Hall–Kier alpha value is -1.17. The van der Waals surface area contributed by atoms with Crippen molar-refractivity contribution in [3.8, 4) is 0 Å². The first-order valence-corrected chi connectivity index (χ1v) is 5.52. The van der Waals surface area contributed by atoms with Crippen LogP contribution in [-0.2, 0) is 4.79 Å². The van der Waals surface area contributed by atoms with Crippen LogP contribution >= 0.6 is 11.3 Å². The normalized spacial score (nSPS) is 15.1. The maximum atomic E-state index is 11.2. The highest BCUT2D eigenvalue weighted by atomic mass is 32.1. The lowest BCUT2D eigenvalue weighted by Crippen LogP contribution is -2.29. The lowest BCUT2D eigenvalue weighted by atomic mass is 10.4. The SMILES string of the molecule is O=C(NCCNc1nncs1)C1CC1. The molecular formula is C8H12N4OS. The number of carbonyl (C=O) groups excluding carboxylic acids is 1. The lowest BCUT2D eigenvalue weighted by Gasteiger charge is -2.03. The maximum Gasteiger partial charge on any atom is 0.223 e. The molecule has 0 spiro atoms. The highest BCUT2D eigenvalue weighted by molar-refractivity contribution is 7.13. The zero-order valence-corrected chi connectivity index (χ0v) is 8.51. The van der Waals surface area contributed by atoms with Gasteiger partial charge >= 0.3 is 0 Å². The number of carbonyl (C=O) groups is 1. The van der Waals surface area contributed by atoms with E-state index < -0.39 is 0 Å². The Morgan fingerprint density at radius 3 is 3.07 bits per heavy atom. The van der Waals surface area contributed by atoms with Crippen LogP contribution in [0.25, 0.3) is 0 Å². The standard InChI is InChI=1S/C8H12N4OS/c13-7(6-1-2-6)9-3-4-10-8-12-11-5-14-8/h5-6H,1-4H2,(H,9,13)(H,10,12). The van der Waals surface area contributed by atoms with Crippen LogP contribution in [0.1, 0.15) is 12.8 Å². The van der Waals surface area contributed by atoms with Gasteiger partial charge in [-0.25, -0.2) is 0 Å². The first-order valence-electron chi connectivity index (χ1n) is 4.64. The molecule has 1 aromatic rings.